The lowest BCUT2D eigenvalue weighted by Gasteiger charge is -2.01. The molecule has 0 aromatic heterocycles. The van der Waals surface area contributed by atoms with Gasteiger partial charge in [-0.3, -0.25) is 0 Å². The summed E-state index contributed by atoms with van der Waals surface area (Å²) in [5.74, 6) is 0.843. The number of alkyl halides is 1. The Labute approximate surface area is 86.3 Å². The minimum Gasteiger partial charge on any atom is -0.504 e. The van der Waals surface area contributed by atoms with Crippen LogP contribution in [0.1, 0.15) is 5.56 Å². The Hall–Kier alpha value is -0.960. The second kappa shape index (κ2) is 5.65. The van der Waals surface area contributed by atoms with Crippen LogP contribution in [0.3, 0.4) is 0 Å². The van der Waals surface area contributed by atoms with Gasteiger partial charge in [-0.1, -0.05) is 12.1 Å². The van der Waals surface area contributed by atoms with Crippen molar-refractivity contribution in [3.8, 4) is 5.75 Å². The van der Waals surface area contributed by atoms with Gasteiger partial charge in [0.05, 0.1) is 13.4 Å². The normalized spacial score (nSPS) is 10.3. The Kier molecular flexibility index (Phi) is 4.40. The third kappa shape index (κ3) is 3.51. The number of rotatable bonds is 4. The summed E-state index contributed by atoms with van der Waals surface area (Å²) in [5.41, 5.74) is 1.56. The fourth-order valence-corrected chi connectivity index (χ4v) is 1.18. The number of methoxy groups -OCH3 is 1. The number of hydrogen-bond donors (Lipinski definition) is 0. The van der Waals surface area contributed by atoms with Gasteiger partial charge in [0.1, 0.15) is 11.3 Å². The molecule has 1 aromatic carbocycles. The molecule has 0 fully saturated rings. The minimum absolute atomic E-state index is 0.504. The molecule has 0 aliphatic carbocycles. The smallest absolute Gasteiger partial charge is 0.143 e. The minimum atomic E-state index is 0.504. The Bertz CT molecular complexity index is 284. The highest BCUT2D eigenvalue weighted by atomic mass is 79.9. The molecule has 1 rings (SSSR count). The zero-order valence-electron chi connectivity index (χ0n) is 7.37. The first-order chi connectivity index (χ1) is 6.36. The number of hydrogen-bond acceptors (Lipinski definition) is 2. The van der Waals surface area contributed by atoms with E-state index in [9.17, 15) is 0 Å². The van der Waals surface area contributed by atoms with Crippen molar-refractivity contribution in [1.29, 1.82) is 0 Å². The first kappa shape index (κ1) is 10.1. The zero-order chi connectivity index (χ0) is 9.52. The van der Waals surface area contributed by atoms with E-state index in [1.54, 1.807) is 13.4 Å². The molecule has 13 heavy (non-hydrogen) atoms. The quantitative estimate of drug-likeness (QED) is 0.597. The summed E-state index contributed by atoms with van der Waals surface area (Å²) in [6.07, 6.45) is 3.51. The molecule has 0 saturated heterocycles. The monoisotopic (exact) mass is 242 g/mol. The molecule has 2 nitrogen and oxygen atoms in total. The molecule has 1 aromatic rings. The van der Waals surface area contributed by atoms with Crippen LogP contribution in [0.5, 0.6) is 5.75 Å². The summed E-state index contributed by atoms with van der Waals surface area (Å²) in [6.45, 7) is 0. The van der Waals surface area contributed by atoms with Gasteiger partial charge >= 0.3 is 0 Å². The molecule has 0 aliphatic heterocycles. The molecule has 0 unspecified atom stereocenters. The van der Waals surface area contributed by atoms with Gasteiger partial charge in [0, 0.05) is 0 Å². The molecule has 3 heteroatoms. The highest BCUT2D eigenvalue weighted by molar-refractivity contribution is 9.09. The maximum atomic E-state index is 5.27. The van der Waals surface area contributed by atoms with Crippen LogP contribution in [-0.2, 0) is 4.74 Å². The summed E-state index contributed by atoms with van der Waals surface area (Å²) >= 11 is 3.20. The maximum Gasteiger partial charge on any atom is 0.143 e. The van der Waals surface area contributed by atoms with E-state index < -0.39 is 0 Å². The van der Waals surface area contributed by atoms with Crippen molar-refractivity contribution in [2.75, 3.05) is 12.6 Å². The van der Waals surface area contributed by atoms with Crippen molar-refractivity contribution in [3.63, 3.8) is 0 Å². The van der Waals surface area contributed by atoms with Crippen LogP contribution < -0.4 is 4.74 Å². The summed E-state index contributed by atoms with van der Waals surface area (Å²) < 4.78 is 10.1. The second-order valence-electron chi connectivity index (χ2n) is 2.36. The van der Waals surface area contributed by atoms with Gasteiger partial charge in [-0.15, -0.1) is 0 Å². The predicted octanol–water partition coefficient (Wildman–Crippen LogP) is 3.03. The highest BCUT2D eigenvalue weighted by Crippen LogP contribution is 2.14. The van der Waals surface area contributed by atoms with Gasteiger partial charge in [0.15, 0.2) is 0 Å². The third-order valence-electron chi connectivity index (χ3n) is 1.48. The average molecular weight is 243 g/mol. The van der Waals surface area contributed by atoms with Crippen LogP contribution in [0, 0.1) is 0 Å². The van der Waals surface area contributed by atoms with Gasteiger partial charge in [-0.25, -0.2) is 0 Å². The molecule has 70 valence electrons. The molecule has 0 amide bonds. The van der Waals surface area contributed by atoms with Gasteiger partial charge in [-0.2, -0.15) is 0 Å². The molecule has 0 atom stereocenters. The van der Waals surface area contributed by atoms with Crippen molar-refractivity contribution < 1.29 is 9.47 Å². The van der Waals surface area contributed by atoms with Gasteiger partial charge in [0.25, 0.3) is 0 Å². The SMILES string of the molecule is COC=Cc1cccc(OCBr)c1. The van der Waals surface area contributed by atoms with E-state index in [-0.39, 0.29) is 0 Å². The second-order valence-corrected chi connectivity index (χ2v) is 2.82. The van der Waals surface area contributed by atoms with Crippen LogP contribution in [-0.4, -0.2) is 12.6 Å². The van der Waals surface area contributed by atoms with Crippen LogP contribution in [0.4, 0.5) is 0 Å². The fourth-order valence-electron chi connectivity index (χ4n) is 0.918. The van der Waals surface area contributed by atoms with Crippen molar-refractivity contribution in [3.05, 3.63) is 36.1 Å². The van der Waals surface area contributed by atoms with Crippen LogP contribution in [0.2, 0.25) is 0 Å². The fraction of sp³-hybridized carbons (Fsp3) is 0.200. The lowest BCUT2D eigenvalue weighted by atomic mass is 10.2. The van der Waals surface area contributed by atoms with E-state index in [1.165, 1.54) is 0 Å². The Balaban J connectivity index is 2.73. The average Bonchev–Trinajstić information content (AvgIpc) is 2.16. The molecule has 0 aliphatic rings. The predicted molar refractivity (Wildman–Crippen MR) is 56.9 cm³/mol. The Morgan fingerprint density at radius 2 is 2.31 bits per heavy atom. The van der Waals surface area contributed by atoms with Crippen LogP contribution >= 0.6 is 15.9 Å². The Morgan fingerprint density at radius 3 is 3.00 bits per heavy atom. The topological polar surface area (TPSA) is 18.5 Å². The number of ether oxygens (including phenoxy) is 2. The summed E-state index contributed by atoms with van der Waals surface area (Å²) in [4.78, 5) is 0. The van der Waals surface area contributed by atoms with Crippen molar-refractivity contribution in [2.24, 2.45) is 0 Å². The van der Waals surface area contributed by atoms with Gasteiger partial charge in [0.2, 0.25) is 0 Å². The molecule has 0 radical (unpaired) electrons. The lowest BCUT2D eigenvalue weighted by Crippen LogP contribution is -1.87. The van der Waals surface area contributed by atoms with Gasteiger partial charge < -0.3 is 9.47 Å². The number of halogens is 1. The van der Waals surface area contributed by atoms with E-state index in [2.05, 4.69) is 15.9 Å². The van der Waals surface area contributed by atoms with E-state index in [0.29, 0.717) is 5.52 Å². The number of benzene rings is 1. The van der Waals surface area contributed by atoms with E-state index in [1.807, 2.05) is 30.3 Å². The molecule has 0 saturated carbocycles. The first-order valence-electron chi connectivity index (χ1n) is 3.85. The zero-order valence-corrected chi connectivity index (χ0v) is 8.95. The van der Waals surface area contributed by atoms with E-state index in [0.717, 1.165) is 11.3 Å². The standard InChI is InChI=1S/C10H11BrO2/c1-12-6-5-9-3-2-4-10(7-9)13-8-11/h2-7H,8H2,1H3. The maximum absolute atomic E-state index is 5.27. The molecule has 0 spiro atoms. The summed E-state index contributed by atoms with van der Waals surface area (Å²) in [6, 6.07) is 7.77. The summed E-state index contributed by atoms with van der Waals surface area (Å²) in [5, 5.41) is 0. The first-order valence-corrected chi connectivity index (χ1v) is 4.97. The largest absolute Gasteiger partial charge is 0.504 e. The van der Waals surface area contributed by atoms with Crippen molar-refractivity contribution in [2.45, 2.75) is 0 Å². The van der Waals surface area contributed by atoms with Crippen molar-refractivity contribution in [1.82, 2.24) is 0 Å². The molecule has 0 heterocycles. The van der Waals surface area contributed by atoms with E-state index in [4.69, 9.17) is 9.47 Å². The molecular formula is C10H11BrO2. The van der Waals surface area contributed by atoms with Crippen molar-refractivity contribution >= 4 is 22.0 Å². The van der Waals surface area contributed by atoms with Gasteiger partial charge in [-0.05, 0) is 39.7 Å². The molecule has 0 bridgehead atoms. The summed E-state index contributed by atoms with van der Waals surface area (Å²) in [7, 11) is 1.62. The van der Waals surface area contributed by atoms with Crippen LogP contribution in [0.25, 0.3) is 6.08 Å². The highest BCUT2D eigenvalue weighted by Gasteiger charge is 1.92. The third-order valence-corrected chi connectivity index (χ3v) is 1.70. The lowest BCUT2D eigenvalue weighted by molar-refractivity contribution is 0.341. The molecular weight excluding hydrogens is 232 g/mol. The Morgan fingerprint density at radius 1 is 1.46 bits per heavy atom. The molecule has 0 N–H and O–H groups in total. The van der Waals surface area contributed by atoms with E-state index >= 15 is 0 Å². The van der Waals surface area contributed by atoms with Crippen LogP contribution in [0.15, 0.2) is 30.5 Å².